The standard InChI is InChI=1S/C8H10.2HO3P/c1-7-3-5-8(2)6-4-7;2*1-4(2)3/h3-6H,1-2H3;2*(H-,1,2,3)/p+2. The van der Waals surface area contributed by atoms with Crippen molar-refractivity contribution in [2.75, 3.05) is 0 Å². The van der Waals surface area contributed by atoms with Crippen molar-refractivity contribution in [2.24, 2.45) is 0 Å². The molecule has 1 aromatic rings. The third-order valence-corrected chi connectivity index (χ3v) is 1.22. The van der Waals surface area contributed by atoms with E-state index in [1.807, 2.05) is 0 Å². The van der Waals surface area contributed by atoms with Crippen LogP contribution < -0.4 is 0 Å². The predicted octanol–water partition coefficient (Wildman–Crippen LogP) is 1.56. The summed E-state index contributed by atoms with van der Waals surface area (Å²) in [6.45, 7) is 4.19. The van der Waals surface area contributed by atoms with Crippen molar-refractivity contribution in [3.05, 3.63) is 35.4 Å². The Labute approximate surface area is 95.1 Å². The summed E-state index contributed by atoms with van der Waals surface area (Å²) in [5.74, 6) is 0. The van der Waals surface area contributed by atoms with Gasteiger partial charge in [0.15, 0.2) is 0 Å². The molecule has 8 heteroatoms. The summed E-state index contributed by atoms with van der Waals surface area (Å²) in [5.41, 5.74) is 2.66. The summed E-state index contributed by atoms with van der Waals surface area (Å²) < 4.78 is 17.4. The highest BCUT2D eigenvalue weighted by Gasteiger charge is 1.93. The molecule has 0 spiro atoms. The molecule has 0 unspecified atom stereocenters. The summed E-state index contributed by atoms with van der Waals surface area (Å²) in [6.07, 6.45) is 0. The highest BCUT2D eigenvalue weighted by atomic mass is 31.1. The van der Waals surface area contributed by atoms with Gasteiger partial charge in [0, 0.05) is 9.13 Å². The van der Waals surface area contributed by atoms with Crippen LogP contribution in [-0.4, -0.2) is 19.6 Å². The maximum absolute atomic E-state index is 8.70. The Hall–Kier alpha value is -0.740. The highest BCUT2D eigenvalue weighted by Crippen LogP contribution is 1.99. The minimum Gasteiger partial charge on any atom is -0.134 e. The van der Waals surface area contributed by atoms with E-state index < -0.39 is 16.5 Å². The molecule has 6 nitrogen and oxygen atoms in total. The van der Waals surface area contributed by atoms with Gasteiger partial charge in [-0.3, -0.25) is 0 Å². The lowest BCUT2D eigenvalue weighted by atomic mass is 10.2. The fraction of sp³-hybridized carbons (Fsp3) is 0.250. The second-order valence-corrected chi connectivity index (χ2v) is 3.67. The van der Waals surface area contributed by atoms with E-state index in [9.17, 15) is 0 Å². The van der Waals surface area contributed by atoms with Crippen molar-refractivity contribution in [2.45, 2.75) is 13.8 Å². The zero-order valence-corrected chi connectivity index (χ0v) is 10.6. The first-order chi connectivity index (χ1) is 7.25. The molecule has 0 fully saturated rings. The number of hydrogen-bond acceptors (Lipinski definition) is 2. The molecule has 4 N–H and O–H groups in total. The van der Waals surface area contributed by atoms with E-state index in [0.29, 0.717) is 0 Å². The van der Waals surface area contributed by atoms with E-state index in [1.165, 1.54) is 11.1 Å². The average molecular weight is 268 g/mol. The molecule has 0 radical (unpaired) electrons. The molecule has 0 aromatic heterocycles. The van der Waals surface area contributed by atoms with Crippen LogP contribution in [0.4, 0.5) is 0 Å². The van der Waals surface area contributed by atoms with Crippen LogP contribution in [0.5, 0.6) is 0 Å². The summed E-state index contributed by atoms with van der Waals surface area (Å²) in [5, 5.41) is 0. The van der Waals surface area contributed by atoms with E-state index in [0.717, 1.165) is 0 Å². The molecule has 16 heavy (non-hydrogen) atoms. The summed E-state index contributed by atoms with van der Waals surface area (Å²) >= 11 is 0. The van der Waals surface area contributed by atoms with Gasteiger partial charge in [0.1, 0.15) is 0 Å². The van der Waals surface area contributed by atoms with Crippen molar-refractivity contribution in [1.29, 1.82) is 0 Å². The molecule has 1 aromatic carbocycles. The molecular formula is C8H14O6P2+2. The Morgan fingerprint density at radius 3 is 1.00 bits per heavy atom. The normalized spacial score (nSPS) is 7.88. The Morgan fingerprint density at radius 1 is 0.750 bits per heavy atom. The second kappa shape index (κ2) is 10.8. The van der Waals surface area contributed by atoms with Crippen molar-refractivity contribution < 1.29 is 28.7 Å². The van der Waals surface area contributed by atoms with Gasteiger partial charge < -0.3 is 0 Å². The van der Waals surface area contributed by atoms with Crippen molar-refractivity contribution in [1.82, 2.24) is 0 Å². The topological polar surface area (TPSA) is 115 Å². The summed E-state index contributed by atoms with van der Waals surface area (Å²) in [4.78, 5) is 28.5. The van der Waals surface area contributed by atoms with E-state index in [-0.39, 0.29) is 0 Å². The fourth-order valence-corrected chi connectivity index (χ4v) is 0.637. The third kappa shape index (κ3) is 23.2. The summed E-state index contributed by atoms with van der Waals surface area (Å²) in [6, 6.07) is 8.48. The van der Waals surface area contributed by atoms with Crippen LogP contribution in [0.15, 0.2) is 24.3 Å². The number of hydrogen-bond donors (Lipinski definition) is 4. The Balaban J connectivity index is 0. The van der Waals surface area contributed by atoms with E-state index >= 15 is 0 Å². The second-order valence-electron chi connectivity index (χ2n) is 2.66. The Kier molecular flexibility index (Phi) is 11.9. The maximum Gasteiger partial charge on any atom is 0.692 e. The lowest BCUT2D eigenvalue weighted by molar-refractivity contribution is 0.403. The van der Waals surface area contributed by atoms with Gasteiger partial charge in [-0.05, 0) is 13.8 Å². The molecule has 1 rings (SSSR count). The third-order valence-electron chi connectivity index (χ3n) is 1.22. The monoisotopic (exact) mass is 268 g/mol. The lowest BCUT2D eigenvalue weighted by Gasteiger charge is -1.90. The average Bonchev–Trinajstić information content (AvgIpc) is 2.08. The molecule has 0 aliphatic heterocycles. The van der Waals surface area contributed by atoms with Gasteiger partial charge in [-0.25, -0.2) is 0 Å². The summed E-state index contributed by atoms with van der Waals surface area (Å²) in [7, 11) is -5.74. The predicted molar refractivity (Wildman–Crippen MR) is 60.0 cm³/mol. The molecular weight excluding hydrogens is 254 g/mol. The van der Waals surface area contributed by atoms with Gasteiger partial charge in [-0.2, -0.15) is 0 Å². The first-order valence-electron chi connectivity index (χ1n) is 3.99. The van der Waals surface area contributed by atoms with E-state index in [4.69, 9.17) is 28.7 Å². The molecule has 0 amide bonds. The number of benzene rings is 1. The largest absolute Gasteiger partial charge is 0.692 e. The zero-order chi connectivity index (χ0) is 13.1. The van der Waals surface area contributed by atoms with Gasteiger partial charge >= 0.3 is 16.5 Å². The van der Waals surface area contributed by atoms with Gasteiger partial charge in [-0.1, -0.05) is 35.4 Å². The van der Waals surface area contributed by atoms with Crippen LogP contribution in [0, 0.1) is 13.8 Å². The van der Waals surface area contributed by atoms with Gasteiger partial charge in [0.05, 0.1) is 0 Å². The van der Waals surface area contributed by atoms with Gasteiger partial charge in [-0.15, -0.1) is 19.6 Å². The van der Waals surface area contributed by atoms with Gasteiger partial charge in [0.25, 0.3) is 0 Å². The highest BCUT2D eigenvalue weighted by molar-refractivity contribution is 7.31. The molecule has 0 heterocycles. The van der Waals surface area contributed by atoms with Crippen LogP contribution in [0.25, 0.3) is 0 Å². The minimum atomic E-state index is -2.87. The Bertz CT molecular complexity index is 283. The molecule has 0 aliphatic carbocycles. The molecule has 90 valence electrons. The molecule has 0 atom stereocenters. The van der Waals surface area contributed by atoms with Crippen LogP contribution in [0.1, 0.15) is 11.1 Å². The van der Waals surface area contributed by atoms with Crippen molar-refractivity contribution in [3.8, 4) is 0 Å². The van der Waals surface area contributed by atoms with Crippen LogP contribution in [0.3, 0.4) is 0 Å². The van der Waals surface area contributed by atoms with Crippen LogP contribution in [-0.2, 0) is 9.13 Å². The SMILES string of the molecule is Cc1ccc(C)cc1.O=[P+](O)O.O=[P+](O)O. The first-order valence-corrected chi connectivity index (χ1v) is 6.32. The van der Waals surface area contributed by atoms with Crippen molar-refractivity contribution in [3.63, 3.8) is 0 Å². The maximum atomic E-state index is 8.70. The number of aryl methyl sites for hydroxylation is 2. The minimum absolute atomic E-state index is 1.33. The molecule has 0 bridgehead atoms. The number of rotatable bonds is 0. The van der Waals surface area contributed by atoms with Crippen LogP contribution in [0.2, 0.25) is 0 Å². The van der Waals surface area contributed by atoms with Crippen molar-refractivity contribution >= 4 is 16.5 Å². The quantitative estimate of drug-likeness (QED) is 0.531. The zero-order valence-electron chi connectivity index (χ0n) is 8.81. The molecule has 0 saturated heterocycles. The molecule has 0 aliphatic rings. The smallest absolute Gasteiger partial charge is 0.134 e. The molecule has 0 saturated carbocycles. The van der Waals surface area contributed by atoms with E-state index in [2.05, 4.69) is 38.1 Å². The van der Waals surface area contributed by atoms with Gasteiger partial charge in [0.2, 0.25) is 0 Å². The van der Waals surface area contributed by atoms with Crippen LogP contribution >= 0.6 is 16.5 Å². The lowest BCUT2D eigenvalue weighted by Crippen LogP contribution is -1.70. The van der Waals surface area contributed by atoms with E-state index in [1.54, 1.807) is 0 Å². The first kappa shape index (κ1) is 17.6. The Morgan fingerprint density at radius 2 is 0.875 bits per heavy atom. The fourth-order valence-electron chi connectivity index (χ4n) is 0.637.